The van der Waals surface area contributed by atoms with E-state index in [1.807, 2.05) is 35.2 Å². The lowest BCUT2D eigenvalue weighted by Gasteiger charge is -2.36. The van der Waals surface area contributed by atoms with Gasteiger partial charge in [0.25, 0.3) is 0 Å². The lowest BCUT2D eigenvalue weighted by Crippen LogP contribution is -2.56. The molecule has 1 aliphatic heterocycles. The molecule has 1 saturated heterocycles. The summed E-state index contributed by atoms with van der Waals surface area (Å²) in [5.41, 5.74) is 0. The van der Waals surface area contributed by atoms with Crippen LogP contribution in [-0.2, 0) is 4.79 Å². The lowest BCUT2D eigenvalue weighted by molar-refractivity contribution is -0.130. The van der Waals surface area contributed by atoms with Crippen LogP contribution in [0.2, 0.25) is 0 Å². The molecule has 0 spiro atoms. The second-order valence-electron chi connectivity index (χ2n) is 4.87. The summed E-state index contributed by atoms with van der Waals surface area (Å²) in [5.74, 6) is 0.771. The van der Waals surface area contributed by atoms with E-state index >= 15 is 0 Å². The number of nitrogens with one attached hydrogen (secondary N) is 1. The molecule has 1 fully saturated rings. The zero-order valence-corrected chi connectivity index (χ0v) is 11.7. The summed E-state index contributed by atoms with van der Waals surface area (Å²) in [6, 6.07) is 10.9. The Labute approximate surface area is 113 Å². The highest BCUT2D eigenvalue weighted by molar-refractivity contribution is 8.00. The summed E-state index contributed by atoms with van der Waals surface area (Å²) in [7, 11) is 0. The summed E-state index contributed by atoms with van der Waals surface area (Å²) in [5, 5.41) is 3.44. The van der Waals surface area contributed by atoms with Crippen molar-refractivity contribution in [2.75, 3.05) is 18.8 Å². The molecular formula is C14H20N2OS. The first kappa shape index (κ1) is 13.4. The number of thioether (sulfide) groups is 1. The summed E-state index contributed by atoms with van der Waals surface area (Å²) in [6.07, 6.45) is 0. The number of rotatable bonds is 3. The third-order valence-corrected chi connectivity index (χ3v) is 4.01. The summed E-state index contributed by atoms with van der Waals surface area (Å²) in [4.78, 5) is 15.3. The molecule has 18 heavy (non-hydrogen) atoms. The van der Waals surface area contributed by atoms with Gasteiger partial charge in [0.05, 0.1) is 5.75 Å². The van der Waals surface area contributed by atoms with Crippen LogP contribution in [0, 0.1) is 0 Å². The van der Waals surface area contributed by atoms with Crippen LogP contribution in [0.4, 0.5) is 0 Å². The predicted octanol–water partition coefficient (Wildman–Crippen LogP) is 1.99. The van der Waals surface area contributed by atoms with Gasteiger partial charge in [-0.1, -0.05) is 18.2 Å². The fourth-order valence-electron chi connectivity index (χ4n) is 2.28. The molecule has 1 N–H and O–H groups in total. The normalized spacial score (nSPS) is 24.0. The van der Waals surface area contributed by atoms with Crippen LogP contribution in [0.3, 0.4) is 0 Å². The van der Waals surface area contributed by atoms with Gasteiger partial charge < -0.3 is 10.2 Å². The Morgan fingerprint density at radius 1 is 1.28 bits per heavy atom. The molecule has 2 atom stereocenters. The highest BCUT2D eigenvalue weighted by Gasteiger charge is 2.24. The van der Waals surface area contributed by atoms with Crippen molar-refractivity contribution in [3.05, 3.63) is 30.3 Å². The van der Waals surface area contributed by atoms with E-state index in [1.165, 1.54) is 0 Å². The zero-order chi connectivity index (χ0) is 13.0. The first-order valence-electron chi connectivity index (χ1n) is 6.37. The molecule has 0 aromatic heterocycles. The Morgan fingerprint density at radius 2 is 1.89 bits per heavy atom. The van der Waals surface area contributed by atoms with E-state index in [0.29, 0.717) is 17.8 Å². The van der Waals surface area contributed by atoms with Crippen molar-refractivity contribution in [2.45, 2.75) is 30.8 Å². The number of hydrogen-bond donors (Lipinski definition) is 1. The standard InChI is InChI=1S/C14H20N2OS/c1-11-8-16(9-12(2)15-11)14(17)10-18-13-6-4-3-5-7-13/h3-7,11-12,15H,8-10H2,1-2H3. The lowest BCUT2D eigenvalue weighted by atomic mass is 10.1. The number of carbonyl (C=O) groups excluding carboxylic acids is 1. The van der Waals surface area contributed by atoms with Gasteiger partial charge in [-0.2, -0.15) is 0 Å². The molecule has 0 radical (unpaired) electrons. The van der Waals surface area contributed by atoms with Gasteiger partial charge in [0.2, 0.25) is 5.91 Å². The van der Waals surface area contributed by atoms with Crippen molar-refractivity contribution in [2.24, 2.45) is 0 Å². The van der Waals surface area contributed by atoms with Crippen molar-refractivity contribution in [1.82, 2.24) is 10.2 Å². The second kappa shape index (κ2) is 6.25. The van der Waals surface area contributed by atoms with Crippen LogP contribution in [0.25, 0.3) is 0 Å². The third-order valence-electron chi connectivity index (χ3n) is 3.02. The molecule has 1 heterocycles. The van der Waals surface area contributed by atoms with E-state index in [4.69, 9.17) is 0 Å². The molecule has 0 saturated carbocycles. The molecular weight excluding hydrogens is 244 g/mol. The van der Waals surface area contributed by atoms with E-state index < -0.39 is 0 Å². The van der Waals surface area contributed by atoms with Gasteiger partial charge >= 0.3 is 0 Å². The summed E-state index contributed by atoms with van der Waals surface area (Å²) >= 11 is 1.61. The highest BCUT2D eigenvalue weighted by atomic mass is 32.2. The third kappa shape index (κ3) is 3.75. The van der Waals surface area contributed by atoms with Gasteiger partial charge in [0, 0.05) is 30.1 Å². The molecule has 2 rings (SSSR count). The minimum atomic E-state index is 0.240. The highest BCUT2D eigenvalue weighted by Crippen LogP contribution is 2.18. The Hall–Kier alpha value is -1.00. The number of nitrogens with zero attached hydrogens (tertiary/aromatic N) is 1. The van der Waals surface area contributed by atoms with Gasteiger partial charge in [-0.25, -0.2) is 0 Å². The van der Waals surface area contributed by atoms with Crippen molar-refractivity contribution >= 4 is 17.7 Å². The maximum absolute atomic E-state index is 12.1. The van der Waals surface area contributed by atoms with Gasteiger partial charge in [0.15, 0.2) is 0 Å². The minimum absolute atomic E-state index is 0.240. The van der Waals surface area contributed by atoms with E-state index in [-0.39, 0.29) is 5.91 Å². The number of carbonyl (C=O) groups is 1. The van der Waals surface area contributed by atoms with Crippen molar-refractivity contribution in [1.29, 1.82) is 0 Å². The first-order chi connectivity index (χ1) is 8.65. The van der Waals surface area contributed by atoms with Gasteiger partial charge in [-0.3, -0.25) is 4.79 Å². The molecule has 1 aromatic rings. The topological polar surface area (TPSA) is 32.3 Å². The number of hydrogen-bond acceptors (Lipinski definition) is 3. The average molecular weight is 264 g/mol. The van der Waals surface area contributed by atoms with Crippen LogP contribution in [-0.4, -0.2) is 41.7 Å². The molecule has 0 bridgehead atoms. The van der Waals surface area contributed by atoms with E-state index in [9.17, 15) is 4.79 Å². The smallest absolute Gasteiger partial charge is 0.233 e. The fraction of sp³-hybridized carbons (Fsp3) is 0.500. The molecule has 2 unspecified atom stereocenters. The Morgan fingerprint density at radius 3 is 2.50 bits per heavy atom. The fourth-order valence-corrected chi connectivity index (χ4v) is 3.11. The molecule has 3 nitrogen and oxygen atoms in total. The monoisotopic (exact) mass is 264 g/mol. The van der Waals surface area contributed by atoms with Crippen LogP contribution in [0.15, 0.2) is 35.2 Å². The molecule has 1 aliphatic rings. The Balaban J connectivity index is 1.84. The number of piperazine rings is 1. The van der Waals surface area contributed by atoms with E-state index in [1.54, 1.807) is 11.8 Å². The van der Waals surface area contributed by atoms with Gasteiger partial charge in [0.1, 0.15) is 0 Å². The minimum Gasteiger partial charge on any atom is -0.339 e. The molecule has 98 valence electrons. The van der Waals surface area contributed by atoms with Crippen molar-refractivity contribution < 1.29 is 4.79 Å². The molecule has 4 heteroatoms. The number of amides is 1. The van der Waals surface area contributed by atoms with Gasteiger partial charge in [-0.15, -0.1) is 11.8 Å². The summed E-state index contributed by atoms with van der Waals surface area (Å²) in [6.45, 7) is 5.89. The zero-order valence-electron chi connectivity index (χ0n) is 10.9. The van der Waals surface area contributed by atoms with Crippen LogP contribution in [0.5, 0.6) is 0 Å². The van der Waals surface area contributed by atoms with Crippen molar-refractivity contribution in [3.8, 4) is 0 Å². The maximum atomic E-state index is 12.1. The predicted molar refractivity (Wildman–Crippen MR) is 75.8 cm³/mol. The number of benzene rings is 1. The first-order valence-corrected chi connectivity index (χ1v) is 7.35. The van der Waals surface area contributed by atoms with Gasteiger partial charge in [-0.05, 0) is 26.0 Å². The SMILES string of the molecule is CC1CN(C(=O)CSc2ccccc2)CC(C)N1. The van der Waals surface area contributed by atoms with Crippen molar-refractivity contribution in [3.63, 3.8) is 0 Å². The molecule has 1 aromatic carbocycles. The Kier molecular flexibility index (Phi) is 4.66. The van der Waals surface area contributed by atoms with E-state index in [2.05, 4.69) is 19.2 Å². The molecule has 0 aliphatic carbocycles. The second-order valence-corrected chi connectivity index (χ2v) is 5.92. The van der Waals surface area contributed by atoms with Crippen LogP contribution < -0.4 is 5.32 Å². The Bertz CT molecular complexity index is 386. The largest absolute Gasteiger partial charge is 0.339 e. The molecule has 1 amide bonds. The average Bonchev–Trinajstić information content (AvgIpc) is 2.36. The quantitative estimate of drug-likeness (QED) is 0.847. The van der Waals surface area contributed by atoms with E-state index in [0.717, 1.165) is 18.0 Å². The van der Waals surface area contributed by atoms with Crippen LogP contribution >= 0.6 is 11.8 Å². The summed E-state index contributed by atoms with van der Waals surface area (Å²) < 4.78 is 0. The van der Waals surface area contributed by atoms with Crippen LogP contribution in [0.1, 0.15) is 13.8 Å². The maximum Gasteiger partial charge on any atom is 0.233 e.